The normalized spacial score (nSPS) is 38.5. The number of aliphatic hydroxyl groups is 1. The van der Waals surface area contributed by atoms with E-state index < -0.39 is 11.5 Å². The Kier molecular flexibility index (Phi) is 4.16. The second kappa shape index (κ2) is 6.58. The zero-order chi connectivity index (χ0) is 19.3. The molecule has 0 radical (unpaired) electrons. The van der Waals surface area contributed by atoms with Crippen molar-refractivity contribution >= 4 is 17.8 Å². The van der Waals surface area contributed by atoms with Crippen LogP contribution in [0.25, 0.3) is 0 Å². The molecule has 4 unspecified atom stereocenters. The maximum Gasteiger partial charge on any atom is 0.252 e. The number of aromatic nitrogens is 1. The number of aliphatic imine (C=N–C) groups is 1. The summed E-state index contributed by atoms with van der Waals surface area (Å²) in [6.07, 6.45) is 10.5. The molecule has 0 spiro atoms. The van der Waals surface area contributed by atoms with Crippen LogP contribution in [-0.4, -0.2) is 40.0 Å². The zero-order valence-corrected chi connectivity index (χ0v) is 15.8. The van der Waals surface area contributed by atoms with Crippen LogP contribution in [0.3, 0.4) is 0 Å². The molecule has 4 bridgehead atoms. The first kappa shape index (κ1) is 17.7. The van der Waals surface area contributed by atoms with Crippen LogP contribution in [0, 0.1) is 17.8 Å². The van der Waals surface area contributed by atoms with E-state index in [0.717, 1.165) is 30.6 Å². The molecular weight excluding hydrogens is 354 g/mol. The molecule has 148 valence electrons. The van der Waals surface area contributed by atoms with Gasteiger partial charge >= 0.3 is 0 Å². The monoisotopic (exact) mass is 381 g/mol. The fraction of sp³-hybridized carbons (Fsp3) is 0.571. The summed E-state index contributed by atoms with van der Waals surface area (Å²) in [6.45, 7) is 0. The molecule has 0 saturated heterocycles. The van der Waals surface area contributed by atoms with E-state index in [1.165, 1.54) is 12.8 Å². The van der Waals surface area contributed by atoms with Gasteiger partial charge in [0.15, 0.2) is 0 Å². The number of anilines is 1. The standard InChI is InChI=1S/C21H27N5O2/c22-20(27)16-11-24-18(25-15-2-1-3-23-10-15)6-17(16)26-19-13-4-12-5-14(19)9-21(28,7-12)8-13/h1-3,10-14,18-19,25-26,28H,4-9H2,(H2,22,27)/t12?,13-,14+,18?,19?,21?. The lowest BCUT2D eigenvalue weighted by atomic mass is 9.52. The first-order valence-electron chi connectivity index (χ1n) is 10.2. The summed E-state index contributed by atoms with van der Waals surface area (Å²) >= 11 is 0. The van der Waals surface area contributed by atoms with Crippen LogP contribution < -0.4 is 16.4 Å². The van der Waals surface area contributed by atoms with E-state index in [4.69, 9.17) is 5.73 Å². The van der Waals surface area contributed by atoms with Gasteiger partial charge in [-0.1, -0.05) is 0 Å². The molecule has 1 aliphatic heterocycles. The van der Waals surface area contributed by atoms with Gasteiger partial charge < -0.3 is 21.5 Å². The number of dihydropyridines is 1. The van der Waals surface area contributed by atoms with Gasteiger partial charge in [0.25, 0.3) is 5.91 Å². The van der Waals surface area contributed by atoms with Gasteiger partial charge in [0.1, 0.15) is 6.17 Å². The van der Waals surface area contributed by atoms with Crippen molar-refractivity contribution in [1.29, 1.82) is 0 Å². The van der Waals surface area contributed by atoms with E-state index in [-0.39, 0.29) is 6.17 Å². The molecule has 1 aromatic heterocycles. The quantitative estimate of drug-likeness (QED) is 0.618. The van der Waals surface area contributed by atoms with Crippen molar-refractivity contribution in [2.24, 2.45) is 28.5 Å². The number of hydrogen-bond acceptors (Lipinski definition) is 6. The van der Waals surface area contributed by atoms with E-state index >= 15 is 0 Å². The number of amides is 1. The molecule has 5 aliphatic rings. The van der Waals surface area contributed by atoms with Gasteiger partial charge in [-0.2, -0.15) is 0 Å². The Morgan fingerprint density at radius 1 is 1.21 bits per heavy atom. The van der Waals surface area contributed by atoms with Crippen LogP contribution in [0.15, 0.2) is 40.8 Å². The summed E-state index contributed by atoms with van der Waals surface area (Å²) in [5, 5.41) is 17.9. The number of nitrogens with two attached hydrogens (primary N) is 1. The van der Waals surface area contributed by atoms with Gasteiger partial charge in [0.2, 0.25) is 0 Å². The second-order valence-electron chi connectivity index (χ2n) is 9.01. The molecule has 4 aliphatic carbocycles. The van der Waals surface area contributed by atoms with E-state index in [1.54, 1.807) is 18.6 Å². The highest BCUT2D eigenvalue weighted by atomic mass is 16.3. The number of nitrogens with one attached hydrogen (secondary N) is 2. The Bertz CT molecular complexity index is 820. The van der Waals surface area contributed by atoms with Crippen molar-refractivity contribution in [2.75, 3.05) is 5.32 Å². The van der Waals surface area contributed by atoms with Crippen LogP contribution in [0.5, 0.6) is 0 Å². The molecular formula is C21H27N5O2. The molecule has 28 heavy (non-hydrogen) atoms. The van der Waals surface area contributed by atoms with E-state index in [9.17, 15) is 9.90 Å². The van der Waals surface area contributed by atoms with E-state index in [1.807, 2.05) is 12.1 Å². The van der Waals surface area contributed by atoms with Crippen molar-refractivity contribution in [3.05, 3.63) is 35.8 Å². The second-order valence-corrected chi connectivity index (χ2v) is 9.01. The summed E-state index contributed by atoms with van der Waals surface area (Å²) in [6, 6.07) is 4.12. The van der Waals surface area contributed by atoms with Gasteiger partial charge in [-0.3, -0.25) is 14.8 Å². The SMILES string of the molecule is NC(=O)C1=C(NC2[C@@H]3CC4C[C@H]2CC(O)(C4)C3)CC(Nc2cccnc2)N=C1. The number of nitrogens with zero attached hydrogens (tertiary/aromatic N) is 2. The van der Waals surface area contributed by atoms with E-state index in [2.05, 4.69) is 20.6 Å². The first-order chi connectivity index (χ1) is 13.5. The van der Waals surface area contributed by atoms with Crippen molar-refractivity contribution in [3.8, 4) is 0 Å². The predicted molar refractivity (Wildman–Crippen MR) is 106 cm³/mol. The van der Waals surface area contributed by atoms with Gasteiger partial charge in [-0.25, -0.2) is 0 Å². The van der Waals surface area contributed by atoms with Crippen LogP contribution in [-0.2, 0) is 4.79 Å². The molecule has 2 heterocycles. The van der Waals surface area contributed by atoms with Crippen molar-refractivity contribution in [2.45, 2.75) is 56.3 Å². The van der Waals surface area contributed by atoms with Crippen LogP contribution in [0.2, 0.25) is 0 Å². The van der Waals surface area contributed by atoms with Crippen molar-refractivity contribution < 1.29 is 9.90 Å². The lowest BCUT2D eigenvalue weighted by molar-refractivity contribution is -0.137. The average molecular weight is 381 g/mol. The zero-order valence-electron chi connectivity index (χ0n) is 15.8. The molecule has 6 atom stereocenters. The third-order valence-corrected chi connectivity index (χ3v) is 6.95. The molecule has 4 saturated carbocycles. The number of rotatable bonds is 5. The lowest BCUT2D eigenvalue weighted by Gasteiger charge is -2.58. The lowest BCUT2D eigenvalue weighted by Crippen LogP contribution is -2.61. The minimum absolute atomic E-state index is 0.171. The molecule has 1 amide bonds. The van der Waals surface area contributed by atoms with Gasteiger partial charge in [0, 0.05) is 36.8 Å². The molecule has 7 heteroatoms. The Labute approximate surface area is 164 Å². The van der Waals surface area contributed by atoms with Gasteiger partial charge in [-0.15, -0.1) is 0 Å². The number of hydrogen-bond donors (Lipinski definition) is 4. The molecule has 7 nitrogen and oxygen atoms in total. The number of pyridine rings is 1. The first-order valence-corrected chi connectivity index (χ1v) is 10.2. The molecule has 0 aromatic carbocycles. The third kappa shape index (κ3) is 3.17. The van der Waals surface area contributed by atoms with Gasteiger partial charge in [-0.05, 0) is 62.0 Å². The Morgan fingerprint density at radius 2 is 2.00 bits per heavy atom. The molecule has 4 fully saturated rings. The topological polar surface area (TPSA) is 113 Å². The van der Waals surface area contributed by atoms with Crippen LogP contribution in [0.1, 0.15) is 38.5 Å². The Hall–Kier alpha value is -2.41. The highest BCUT2D eigenvalue weighted by Gasteiger charge is 2.54. The fourth-order valence-electron chi connectivity index (χ4n) is 6.09. The Balaban J connectivity index is 1.35. The highest BCUT2D eigenvalue weighted by molar-refractivity contribution is 6.12. The maximum absolute atomic E-state index is 12.0. The minimum Gasteiger partial charge on any atom is -0.390 e. The third-order valence-electron chi connectivity index (χ3n) is 6.95. The summed E-state index contributed by atoms with van der Waals surface area (Å²) < 4.78 is 0. The smallest absolute Gasteiger partial charge is 0.252 e. The predicted octanol–water partition coefficient (Wildman–Crippen LogP) is 1.56. The summed E-state index contributed by atoms with van der Waals surface area (Å²) in [5.41, 5.74) is 7.39. The molecule has 1 aromatic rings. The highest BCUT2D eigenvalue weighted by Crippen LogP contribution is 2.55. The number of carbonyl (C=O) groups excluding carboxylic acids is 1. The van der Waals surface area contributed by atoms with Crippen molar-refractivity contribution in [1.82, 2.24) is 10.3 Å². The number of primary amides is 1. The van der Waals surface area contributed by atoms with Gasteiger partial charge in [0.05, 0.1) is 16.9 Å². The molecule has 5 N–H and O–H groups in total. The van der Waals surface area contributed by atoms with Crippen LogP contribution in [0.4, 0.5) is 5.69 Å². The molecule has 6 rings (SSSR count). The summed E-state index contributed by atoms with van der Waals surface area (Å²) in [4.78, 5) is 20.6. The minimum atomic E-state index is -0.464. The number of carbonyl (C=O) groups is 1. The van der Waals surface area contributed by atoms with Crippen molar-refractivity contribution in [3.63, 3.8) is 0 Å². The van der Waals surface area contributed by atoms with E-state index in [0.29, 0.717) is 35.8 Å². The maximum atomic E-state index is 12.0. The largest absolute Gasteiger partial charge is 0.390 e. The average Bonchev–Trinajstić information content (AvgIpc) is 2.64. The summed E-state index contributed by atoms with van der Waals surface area (Å²) in [7, 11) is 0. The Morgan fingerprint density at radius 3 is 2.64 bits per heavy atom. The fourth-order valence-corrected chi connectivity index (χ4v) is 6.09. The summed E-state index contributed by atoms with van der Waals surface area (Å²) in [5.74, 6) is 1.12. The van der Waals surface area contributed by atoms with Crippen LogP contribution >= 0.6 is 0 Å².